The summed E-state index contributed by atoms with van der Waals surface area (Å²) in [4.78, 5) is 75.1. The van der Waals surface area contributed by atoms with E-state index in [0.29, 0.717) is 19.3 Å². The summed E-state index contributed by atoms with van der Waals surface area (Å²) in [6.45, 7) is 2.58. The standard InChI is InChI=1S/C51H94N5O26P.2CH4.5H2/c1-31-42(65)45(68)34(25-57)80-48(31)76-17-6-13-52-37(60)10-21-73-28-51(56-41(64)24-40(63)55-16-9-20-79-83(5,71)72-4,29-74-22-11-38(61)53-14-7-18-77-49-32(2)43(66)46(69)35(26-58)81-49)30-75-23-12-39(62)54-15-8-19-78-50-33(3)44(67)47(70)36(27-59)82-50;;;;;;;/h31-36,42-50,57-59,65-71H,5-30H2,1-4H3,(H,52,60)(H,53,61)(H,54,62)(H,55,63)(H,56,64);2*1H4;5*1H/t31?,32?,33?,34?,35?,36?,42-,43-,44-,45+,46+,47+,48-,49-,50-,51?,83?;;;;;;;/m1......./s1. The Bertz CT molecular complexity index is 1800. The Labute approximate surface area is 505 Å². The molecule has 3 saturated heterocycles. The van der Waals surface area contributed by atoms with Gasteiger partial charge in [-0.15, -0.1) is 0 Å². The molecule has 5 amide bonds. The summed E-state index contributed by atoms with van der Waals surface area (Å²) in [5.74, 6) is -4.50. The molecule has 3 fully saturated rings. The zero-order valence-electron chi connectivity index (χ0n) is 48.0. The lowest BCUT2D eigenvalue weighted by Gasteiger charge is -2.40. The molecule has 0 radical (unpaired) electrons. The van der Waals surface area contributed by atoms with Crippen molar-refractivity contribution in [1.29, 1.82) is 0 Å². The quantitative estimate of drug-likeness (QED) is 0.0166. The lowest BCUT2D eigenvalue weighted by molar-refractivity contribution is -0.282. The molecule has 85 heavy (non-hydrogen) atoms. The first-order chi connectivity index (χ1) is 39.5. The van der Waals surface area contributed by atoms with E-state index in [1.165, 1.54) is 7.11 Å². The van der Waals surface area contributed by atoms with Crippen LogP contribution in [-0.4, -0.2) is 285 Å². The minimum absolute atomic E-state index is 0. The fourth-order valence-electron chi connectivity index (χ4n) is 8.63. The number of hydrogen-bond donors (Lipinski definition) is 15. The summed E-state index contributed by atoms with van der Waals surface area (Å²) in [7, 11) is -2.02. The number of amides is 5. The number of aliphatic hydroxyl groups excluding tert-OH is 9. The summed E-state index contributed by atoms with van der Waals surface area (Å²) in [6.07, 6.45) is -9.64. The smallest absolute Gasteiger partial charge is 0.247 e. The molecule has 31 nitrogen and oxygen atoms in total. The summed E-state index contributed by atoms with van der Waals surface area (Å²) in [5.41, 5.74) is -1.59. The minimum atomic E-state index is -3.26. The molecule has 3 rings (SSSR count). The van der Waals surface area contributed by atoms with E-state index in [4.69, 9.17) is 51.7 Å². The second kappa shape index (κ2) is 42.7. The van der Waals surface area contributed by atoms with Crippen molar-refractivity contribution in [2.24, 2.45) is 17.8 Å². The van der Waals surface area contributed by atoms with Crippen molar-refractivity contribution in [3.8, 4) is 0 Å². The monoisotopic (exact) mass is 1270 g/mol. The van der Waals surface area contributed by atoms with Gasteiger partial charge in [0.1, 0.15) is 48.6 Å². The number of hydrogen-bond acceptors (Lipinski definition) is 26. The molecule has 0 spiro atoms. The molecule has 15 N–H and O–H groups in total. The Morgan fingerprint density at radius 2 is 0.800 bits per heavy atom. The van der Waals surface area contributed by atoms with Crippen LogP contribution in [0.1, 0.15) is 94.1 Å². The van der Waals surface area contributed by atoms with Crippen LogP contribution in [0, 0.1) is 17.8 Å². The van der Waals surface area contributed by atoms with Crippen molar-refractivity contribution < 1.29 is 134 Å². The van der Waals surface area contributed by atoms with Crippen molar-refractivity contribution >= 4 is 43.4 Å². The molecule has 0 aromatic heterocycles. The third-order valence-electron chi connectivity index (χ3n) is 13.8. The summed E-state index contributed by atoms with van der Waals surface area (Å²) < 4.78 is 61.7. The van der Waals surface area contributed by atoms with Gasteiger partial charge >= 0.3 is 0 Å². The molecule has 0 aliphatic carbocycles. The van der Waals surface area contributed by atoms with Gasteiger partial charge in [0.15, 0.2) is 18.9 Å². The van der Waals surface area contributed by atoms with Gasteiger partial charge in [-0.3, -0.25) is 24.0 Å². The topological polar surface area (TPSA) is 449 Å². The van der Waals surface area contributed by atoms with Crippen LogP contribution in [0.4, 0.5) is 0 Å². The Kier molecular flexibility index (Phi) is 40.1. The maximum atomic E-state index is 13.6. The highest BCUT2D eigenvalue weighted by molar-refractivity contribution is 7.58. The molecule has 3 aliphatic heterocycles. The molecule has 0 bridgehead atoms. The molecule has 0 aromatic rings. The molecule has 0 saturated carbocycles. The van der Waals surface area contributed by atoms with E-state index in [1.807, 2.05) is 0 Å². The van der Waals surface area contributed by atoms with Gasteiger partial charge < -0.3 is 129 Å². The number of carbonyl (C=O) groups is 5. The Morgan fingerprint density at radius 3 is 1.11 bits per heavy atom. The molecule has 510 valence electrons. The third-order valence-corrected chi connectivity index (χ3v) is 15.0. The number of nitrogens with one attached hydrogen (secondary N) is 5. The van der Waals surface area contributed by atoms with Crippen LogP contribution in [0.15, 0.2) is 0 Å². The first-order valence-corrected chi connectivity index (χ1v) is 29.8. The van der Waals surface area contributed by atoms with Crippen LogP contribution >= 0.6 is 7.57 Å². The zero-order valence-corrected chi connectivity index (χ0v) is 48.9. The van der Waals surface area contributed by atoms with Crippen LogP contribution in [-0.2, 0) is 75.7 Å². The van der Waals surface area contributed by atoms with E-state index in [2.05, 4.69) is 32.9 Å². The van der Waals surface area contributed by atoms with Crippen molar-refractivity contribution in [3.05, 3.63) is 0 Å². The summed E-state index contributed by atoms with van der Waals surface area (Å²) >= 11 is 0. The highest BCUT2D eigenvalue weighted by Gasteiger charge is 2.45. The third kappa shape index (κ3) is 28.9. The number of ether oxygens (including phenoxy) is 9. The fraction of sp³-hybridized carbons (Fsp3) is 0.887. The van der Waals surface area contributed by atoms with E-state index >= 15 is 0 Å². The van der Waals surface area contributed by atoms with Crippen molar-refractivity contribution in [2.45, 2.75) is 166 Å². The summed E-state index contributed by atoms with van der Waals surface area (Å²) in [6, 6.07) is 0. The number of carbonyl (C=O) groups excluding carboxylic acids is 5. The molecule has 32 heteroatoms. The van der Waals surface area contributed by atoms with E-state index in [0.717, 1.165) is 0 Å². The van der Waals surface area contributed by atoms with Crippen LogP contribution < -0.4 is 26.6 Å². The maximum absolute atomic E-state index is 13.6. The molecule has 7 unspecified atom stereocenters. The lowest BCUT2D eigenvalue weighted by Crippen LogP contribution is -2.59. The van der Waals surface area contributed by atoms with Gasteiger partial charge in [-0.05, 0) is 32.0 Å². The average Bonchev–Trinajstić information content (AvgIpc) is 1.56. The highest BCUT2D eigenvalue weighted by atomic mass is 31.2. The molecular formula is C53H112N5O26P. The Balaban J connectivity index is -0.00000344. The lowest BCUT2D eigenvalue weighted by atomic mass is 9.92. The first-order valence-electron chi connectivity index (χ1n) is 28.0. The Hall–Kier alpha value is -3.19. The van der Waals surface area contributed by atoms with E-state index in [-0.39, 0.29) is 140 Å². The molecule has 3 aliphatic rings. The van der Waals surface area contributed by atoms with Crippen molar-refractivity contribution in [2.75, 3.05) is 119 Å². The van der Waals surface area contributed by atoms with E-state index < -0.39 is 160 Å². The Morgan fingerprint density at radius 1 is 0.494 bits per heavy atom. The van der Waals surface area contributed by atoms with Gasteiger partial charge in [-0.25, -0.2) is 0 Å². The van der Waals surface area contributed by atoms with Gasteiger partial charge in [0, 0.05) is 77.4 Å². The van der Waals surface area contributed by atoms with Crippen LogP contribution in [0.3, 0.4) is 0 Å². The van der Waals surface area contributed by atoms with E-state index in [1.54, 1.807) is 20.8 Å². The van der Waals surface area contributed by atoms with Crippen molar-refractivity contribution in [3.63, 3.8) is 0 Å². The van der Waals surface area contributed by atoms with Gasteiger partial charge in [-0.2, -0.15) is 0 Å². The van der Waals surface area contributed by atoms with Gasteiger partial charge in [-0.1, -0.05) is 35.6 Å². The van der Waals surface area contributed by atoms with Gasteiger partial charge in [0.2, 0.25) is 37.1 Å². The summed E-state index contributed by atoms with van der Waals surface area (Å²) in [5, 5.41) is 103. The molecule has 16 atom stereocenters. The van der Waals surface area contributed by atoms with Gasteiger partial charge in [0.05, 0.1) is 104 Å². The number of rotatable bonds is 42. The predicted octanol–water partition coefficient (Wildman–Crippen LogP) is -2.90. The fourth-order valence-corrected chi connectivity index (χ4v) is 9.15. The second-order valence-electron chi connectivity index (χ2n) is 20.7. The largest absolute Gasteiger partial charge is 0.394 e. The molecular weight excluding hydrogens is 1150 g/mol. The molecule has 0 aromatic carbocycles. The maximum Gasteiger partial charge on any atom is 0.247 e. The minimum Gasteiger partial charge on any atom is -0.394 e. The average molecular weight is 1270 g/mol. The first kappa shape index (κ1) is 79.8. The second-order valence-corrected chi connectivity index (χ2v) is 22.6. The van der Waals surface area contributed by atoms with E-state index in [9.17, 15) is 74.8 Å². The van der Waals surface area contributed by atoms with Crippen LogP contribution in [0.2, 0.25) is 0 Å². The predicted molar refractivity (Wildman–Crippen MR) is 314 cm³/mol. The highest BCUT2D eigenvalue weighted by Crippen LogP contribution is 2.41. The van der Waals surface area contributed by atoms with Crippen LogP contribution in [0.5, 0.6) is 0 Å². The van der Waals surface area contributed by atoms with Crippen molar-refractivity contribution in [1.82, 2.24) is 26.6 Å². The van der Waals surface area contributed by atoms with Crippen LogP contribution in [0.25, 0.3) is 0 Å². The normalized spacial score (nSPS) is 29.0. The van der Waals surface area contributed by atoms with Gasteiger partial charge in [0.25, 0.3) is 0 Å². The zero-order chi connectivity index (χ0) is 61.5. The number of aliphatic hydroxyl groups is 9. The SMILES string of the molecule is C.C.C=P(O)(OC)OCCCNC(=O)CC(=O)NC(COCCC(=O)NCCCO[C@@H]1OC(CO)[C@H](O)[C@H](O)C1C)(COCCC(=O)NCCCO[C@@H]1OC(CO)[C@H](O)[C@H](O)C1C)COCCC(=O)NCCCO[C@@H]1OC(CO)[C@H](O)[C@H](O)C1C.[HH].[HH].[HH].[HH].[HH]. The molecule has 3 heterocycles.